The number of nitrogens with zero attached hydrogens (tertiary/aromatic N) is 2. The van der Waals surface area contributed by atoms with Crippen LogP contribution >= 0.6 is 0 Å². The minimum atomic E-state index is -0.479. The molecule has 2 aromatic rings. The summed E-state index contributed by atoms with van der Waals surface area (Å²) >= 11 is 0. The summed E-state index contributed by atoms with van der Waals surface area (Å²) in [5.41, 5.74) is -0.323. The number of carbonyl (C=O) groups is 1. The summed E-state index contributed by atoms with van der Waals surface area (Å²) in [6, 6.07) is 6.93. The molecule has 1 aromatic heterocycles. The molecule has 1 saturated heterocycles. The van der Waals surface area contributed by atoms with E-state index in [4.69, 9.17) is 0 Å². The Kier molecular flexibility index (Phi) is 7.03. The minimum Gasteiger partial charge on any atom is -0.356 e. The van der Waals surface area contributed by atoms with Gasteiger partial charge >= 0.3 is 5.69 Å². The average molecular weight is 386 g/mol. The lowest BCUT2D eigenvalue weighted by molar-refractivity contribution is -0.121. The van der Waals surface area contributed by atoms with Crippen LogP contribution in [0.15, 0.2) is 33.9 Å². The Morgan fingerprint density at radius 2 is 2.04 bits per heavy atom. The van der Waals surface area contributed by atoms with Crippen LogP contribution in [-0.2, 0) is 11.3 Å². The van der Waals surface area contributed by atoms with Gasteiger partial charge in [0, 0.05) is 26.1 Å². The molecule has 28 heavy (non-hydrogen) atoms. The smallest absolute Gasteiger partial charge is 0.328 e. The maximum Gasteiger partial charge on any atom is 0.328 e. The van der Waals surface area contributed by atoms with Gasteiger partial charge in [-0.15, -0.1) is 0 Å². The molecule has 1 aliphatic rings. The third-order valence-electron chi connectivity index (χ3n) is 5.43. The van der Waals surface area contributed by atoms with Gasteiger partial charge < -0.3 is 10.2 Å². The van der Waals surface area contributed by atoms with E-state index in [0.717, 1.165) is 25.3 Å². The molecule has 1 atom stereocenters. The van der Waals surface area contributed by atoms with E-state index < -0.39 is 11.2 Å². The quantitative estimate of drug-likeness (QED) is 0.676. The summed E-state index contributed by atoms with van der Waals surface area (Å²) in [4.78, 5) is 40.9. The number of fused-ring (bicyclic) bond motifs is 1. The number of hydrogen-bond donors (Lipinski definition) is 2. The standard InChI is InChI=1S/C21H30N4O3/c1-16-7-6-13-24(15-16)12-5-4-11-22-19(26)10-14-25-18-9-3-2-8-17(18)20(27)23-21(25)28/h2-3,8-9,16H,4-7,10-15H2,1H3,(H,22,26)(H,23,27,28). The van der Waals surface area contributed by atoms with Crippen molar-refractivity contribution in [3.8, 4) is 0 Å². The maximum atomic E-state index is 12.1. The number of unbranched alkanes of at least 4 members (excludes halogenated alkanes) is 1. The fraction of sp³-hybridized carbons (Fsp3) is 0.571. The van der Waals surface area contributed by atoms with E-state index in [1.165, 1.54) is 30.5 Å². The van der Waals surface area contributed by atoms with Crippen LogP contribution in [0.1, 0.15) is 39.0 Å². The first-order valence-electron chi connectivity index (χ1n) is 10.3. The summed E-state index contributed by atoms with van der Waals surface area (Å²) in [7, 11) is 0. The Hall–Kier alpha value is -2.41. The summed E-state index contributed by atoms with van der Waals surface area (Å²) in [6.45, 7) is 6.69. The summed E-state index contributed by atoms with van der Waals surface area (Å²) < 4.78 is 1.45. The van der Waals surface area contributed by atoms with Gasteiger partial charge in [0.05, 0.1) is 10.9 Å². The number of rotatable bonds is 8. The number of para-hydroxylation sites is 1. The molecule has 0 bridgehead atoms. The van der Waals surface area contributed by atoms with E-state index in [2.05, 4.69) is 22.1 Å². The number of piperidine rings is 1. The number of amides is 1. The zero-order chi connectivity index (χ0) is 19.9. The molecule has 2 N–H and O–H groups in total. The van der Waals surface area contributed by atoms with Gasteiger partial charge in [0.25, 0.3) is 5.56 Å². The molecule has 7 heteroatoms. The predicted molar refractivity (Wildman–Crippen MR) is 111 cm³/mol. The molecule has 1 fully saturated rings. The predicted octanol–water partition coefficient (Wildman–Crippen LogP) is 1.71. The molecular weight excluding hydrogens is 356 g/mol. The lowest BCUT2D eigenvalue weighted by Crippen LogP contribution is -2.35. The van der Waals surface area contributed by atoms with Gasteiger partial charge in [-0.1, -0.05) is 19.1 Å². The molecule has 0 spiro atoms. The number of hydrogen-bond acceptors (Lipinski definition) is 4. The molecule has 0 radical (unpaired) electrons. The van der Waals surface area contributed by atoms with E-state index in [-0.39, 0.29) is 18.9 Å². The lowest BCUT2D eigenvalue weighted by atomic mass is 10.0. The van der Waals surface area contributed by atoms with Gasteiger partial charge in [-0.2, -0.15) is 0 Å². The molecule has 1 aromatic carbocycles. The van der Waals surface area contributed by atoms with Gasteiger partial charge in [-0.05, 0) is 56.8 Å². The highest BCUT2D eigenvalue weighted by molar-refractivity contribution is 5.78. The van der Waals surface area contributed by atoms with E-state index >= 15 is 0 Å². The Labute approximate surface area is 164 Å². The Bertz CT molecular complexity index is 918. The van der Waals surface area contributed by atoms with Crippen molar-refractivity contribution >= 4 is 16.8 Å². The minimum absolute atomic E-state index is 0.0752. The molecule has 1 unspecified atom stereocenters. The Balaban J connectivity index is 1.42. The molecule has 2 heterocycles. The molecule has 0 saturated carbocycles. The normalized spacial score (nSPS) is 17.7. The number of aryl methyl sites for hydroxylation is 1. The Morgan fingerprint density at radius 1 is 1.21 bits per heavy atom. The highest BCUT2D eigenvalue weighted by atomic mass is 16.2. The number of nitrogens with one attached hydrogen (secondary N) is 2. The van der Waals surface area contributed by atoms with Gasteiger partial charge in [0.1, 0.15) is 0 Å². The van der Waals surface area contributed by atoms with Crippen molar-refractivity contribution in [3.63, 3.8) is 0 Å². The second kappa shape index (κ2) is 9.68. The van der Waals surface area contributed by atoms with Crippen LogP contribution in [0.25, 0.3) is 10.9 Å². The second-order valence-corrected chi connectivity index (χ2v) is 7.78. The average Bonchev–Trinajstić information content (AvgIpc) is 2.67. The first kappa shape index (κ1) is 20.3. The SMILES string of the molecule is CC1CCCN(CCCCNC(=O)CCn2c(=O)[nH]c(=O)c3ccccc32)C1. The third kappa shape index (κ3) is 5.32. The fourth-order valence-electron chi connectivity index (χ4n) is 3.94. The van der Waals surface area contributed by atoms with Crippen molar-refractivity contribution in [2.75, 3.05) is 26.2 Å². The van der Waals surface area contributed by atoms with E-state index in [9.17, 15) is 14.4 Å². The number of aromatic amines is 1. The van der Waals surface area contributed by atoms with E-state index in [1.54, 1.807) is 24.3 Å². The Morgan fingerprint density at radius 3 is 2.86 bits per heavy atom. The second-order valence-electron chi connectivity index (χ2n) is 7.78. The molecule has 3 rings (SSSR count). The number of benzene rings is 1. The van der Waals surface area contributed by atoms with Crippen molar-refractivity contribution in [1.82, 2.24) is 19.8 Å². The molecule has 7 nitrogen and oxygen atoms in total. The van der Waals surface area contributed by atoms with Gasteiger partial charge in [-0.3, -0.25) is 19.1 Å². The topological polar surface area (TPSA) is 87.2 Å². The van der Waals surface area contributed by atoms with Crippen molar-refractivity contribution in [2.45, 2.75) is 45.6 Å². The monoisotopic (exact) mass is 386 g/mol. The molecule has 0 aliphatic carbocycles. The highest BCUT2D eigenvalue weighted by Crippen LogP contribution is 2.15. The molecule has 1 aliphatic heterocycles. The lowest BCUT2D eigenvalue weighted by Gasteiger charge is -2.30. The number of H-pyrrole nitrogens is 1. The van der Waals surface area contributed by atoms with Crippen LogP contribution in [-0.4, -0.2) is 46.5 Å². The van der Waals surface area contributed by atoms with E-state index in [0.29, 0.717) is 17.4 Å². The number of carbonyl (C=O) groups excluding carboxylic acids is 1. The van der Waals surface area contributed by atoms with Crippen molar-refractivity contribution in [2.24, 2.45) is 5.92 Å². The number of aromatic nitrogens is 2. The largest absolute Gasteiger partial charge is 0.356 e. The zero-order valence-corrected chi connectivity index (χ0v) is 16.6. The summed E-state index contributed by atoms with van der Waals surface area (Å²) in [5.74, 6) is 0.717. The van der Waals surface area contributed by atoms with Crippen molar-refractivity contribution in [1.29, 1.82) is 0 Å². The van der Waals surface area contributed by atoms with Crippen molar-refractivity contribution in [3.05, 3.63) is 45.1 Å². The molecule has 152 valence electrons. The van der Waals surface area contributed by atoms with Crippen LogP contribution in [0, 0.1) is 5.92 Å². The van der Waals surface area contributed by atoms with Crippen LogP contribution in [0.4, 0.5) is 0 Å². The van der Waals surface area contributed by atoms with Gasteiger partial charge in [-0.25, -0.2) is 4.79 Å². The fourth-order valence-corrected chi connectivity index (χ4v) is 3.94. The van der Waals surface area contributed by atoms with Crippen LogP contribution < -0.4 is 16.6 Å². The van der Waals surface area contributed by atoms with Gasteiger partial charge in [0.15, 0.2) is 0 Å². The summed E-state index contributed by atoms with van der Waals surface area (Å²) in [6.07, 6.45) is 4.87. The van der Waals surface area contributed by atoms with E-state index in [1.807, 2.05) is 0 Å². The van der Waals surface area contributed by atoms with Crippen molar-refractivity contribution < 1.29 is 4.79 Å². The van der Waals surface area contributed by atoms with Crippen LogP contribution in [0.2, 0.25) is 0 Å². The molecule has 1 amide bonds. The first-order chi connectivity index (χ1) is 13.5. The third-order valence-corrected chi connectivity index (χ3v) is 5.43. The van der Waals surface area contributed by atoms with Gasteiger partial charge in [0.2, 0.25) is 5.91 Å². The highest BCUT2D eigenvalue weighted by Gasteiger charge is 2.15. The zero-order valence-electron chi connectivity index (χ0n) is 16.6. The van der Waals surface area contributed by atoms with Crippen LogP contribution in [0.5, 0.6) is 0 Å². The number of likely N-dealkylation sites (tertiary alicyclic amines) is 1. The summed E-state index contributed by atoms with van der Waals surface area (Å²) in [5, 5.41) is 3.39. The first-order valence-corrected chi connectivity index (χ1v) is 10.3. The maximum absolute atomic E-state index is 12.1. The molecular formula is C21H30N4O3. The van der Waals surface area contributed by atoms with Crippen LogP contribution in [0.3, 0.4) is 0 Å².